The van der Waals surface area contributed by atoms with E-state index in [2.05, 4.69) is 4.98 Å². The minimum absolute atomic E-state index is 0.00727. The van der Waals surface area contributed by atoms with Crippen molar-refractivity contribution in [3.63, 3.8) is 0 Å². The summed E-state index contributed by atoms with van der Waals surface area (Å²) in [6.45, 7) is -0.0768. The lowest BCUT2D eigenvalue weighted by Crippen LogP contribution is -2.31. The van der Waals surface area contributed by atoms with Crippen LogP contribution < -0.4 is 0 Å². The third-order valence-electron chi connectivity index (χ3n) is 4.67. The van der Waals surface area contributed by atoms with Crippen molar-refractivity contribution in [3.8, 4) is 0 Å². The van der Waals surface area contributed by atoms with E-state index in [9.17, 15) is 34.8 Å². The van der Waals surface area contributed by atoms with Crippen molar-refractivity contribution >= 4 is 21.4 Å². The van der Waals surface area contributed by atoms with E-state index in [1.807, 2.05) is 0 Å². The molecule has 2 atom stereocenters. The maximum Gasteiger partial charge on any atom is 0.417 e. The molecular formula is C18H14ClF6NO3S. The van der Waals surface area contributed by atoms with Gasteiger partial charge in [0, 0.05) is 12.8 Å². The second-order valence-electron chi connectivity index (χ2n) is 6.67. The quantitative estimate of drug-likeness (QED) is 0.555. The lowest BCUT2D eigenvalue weighted by Gasteiger charge is -2.29. The molecule has 164 valence electrons. The van der Waals surface area contributed by atoms with Gasteiger partial charge in [-0.3, -0.25) is 4.98 Å². The number of hydrogen-bond donors (Lipinski definition) is 0. The zero-order chi connectivity index (χ0) is 22.3. The van der Waals surface area contributed by atoms with Gasteiger partial charge in [-0.1, -0.05) is 17.7 Å². The van der Waals surface area contributed by atoms with Crippen molar-refractivity contribution in [1.82, 2.24) is 4.98 Å². The molecule has 1 aliphatic heterocycles. The van der Waals surface area contributed by atoms with Crippen LogP contribution in [0.5, 0.6) is 0 Å². The second kappa shape index (κ2) is 8.01. The largest absolute Gasteiger partial charge is 0.417 e. The average Bonchev–Trinajstić information content (AvgIpc) is 2.67. The van der Waals surface area contributed by atoms with Crippen LogP contribution in [0.3, 0.4) is 0 Å². The van der Waals surface area contributed by atoms with Gasteiger partial charge in [0.25, 0.3) is 0 Å². The summed E-state index contributed by atoms with van der Waals surface area (Å²) in [6.07, 6.45) is -10.0. The number of rotatable bonds is 3. The van der Waals surface area contributed by atoms with Gasteiger partial charge in [-0.2, -0.15) is 26.3 Å². The van der Waals surface area contributed by atoms with Crippen LogP contribution in [0.2, 0.25) is 5.02 Å². The molecule has 1 saturated heterocycles. The van der Waals surface area contributed by atoms with Crippen LogP contribution in [0.15, 0.2) is 41.4 Å². The first-order valence-corrected chi connectivity index (χ1v) is 10.5. The lowest BCUT2D eigenvalue weighted by molar-refractivity contribution is -0.138. The number of hydrogen-bond acceptors (Lipinski definition) is 4. The lowest BCUT2D eigenvalue weighted by atomic mass is 10.0. The van der Waals surface area contributed by atoms with Crippen molar-refractivity contribution in [2.75, 3.05) is 6.61 Å². The molecule has 1 aliphatic rings. The minimum Gasteiger partial charge on any atom is -0.372 e. The summed E-state index contributed by atoms with van der Waals surface area (Å²) in [4.78, 5) is 3.19. The van der Waals surface area contributed by atoms with Crippen molar-refractivity contribution in [1.29, 1.82) is 0 Å². The van der Waals surface area contributed by atoms with Crippen molar-refractivity contribution in [2.45, 2.75) is 41.4 Å². The van der Waals surface area contributed by atoms with Crippen LogP contribution in [0.4, 0.5) is 26.3 Å². The van der Waals surface area contributed by atoms with E-state index < -0.39 is 49.6 Å². The number of benzene rings is 1. The predicted molar refractivity (Wildman–Crippen MR) is 94.6 cm³/mol. The zero-order valence-corrected chi connectivity index (χ0v) is 16.5. The average molecular weight is 474 g/mol. The highest BCUT2D eigenvalue weighted by atomic mass is 35.5. The molecule has 2 aromatic rings. The Hall–Kier alpha value is -1.85. The Morgan fingerprint density at radius 1 is 1.03 bits per heavy atom. The van der Waals surface area contributed by atoms with Gasteiger partial charge in [0.15, 0.2) is 9.84 Å². The summed E-state index contributed by atoms with van der Waals surface area (Å²) in [5, 5.41) is -1.45. The number of nitrogens with zero attached hydrogens (tertiary/aromatic N) is 1. The molecule has 30 heavy (non-hydrogen) atoms. The first-order valence-electron chi connectivity index (χ1n) is 8.55. The van der Waals surface area contributed by atoms with E-state index in [4.69, 9.17) is 16.3 Å². The number of sulfone groups is 1. The number of alkyl halides is 6. The monoisotopic (exact) mass is 473 g/mol. The van der Waals surface area contributed by atoms with E-state index in [1.165, 1.54) is 0 Å². The molecule has 0 spiro atoms. The van der Waals surface area contributed by atoms with Gasteiger partial charge in [-0.15, -0.1) is 0 Å². The Morgan fingerprint density at radius 3 is 2.30 bits per heavy atom. The van der Waals surface area contributed by atoms with Crippen LogP contribution in [0, 0.1) is 0 Å². The Balaban J connectivity index is 1.88. The van der Waals surface area contributed by atoms with Crippen molar-refractivity contribution in [3.05, 3.63) is 58.4 Å². The summed E-state index contributed by atoms with van der Waals surface area (Å²) in [6, 6.07) is 4.05. The van der Waals surface area contributed by atoms with Gasteiger partial charge in [-0.25, -0.2) is 8.42 Å². The molecule has 3 rings (SSSR count). The zero-order valence-electron chi connectivity index (χ0n) is 15.0. The molecule has 0 amide bonds. The molecule has 0 saturated carbocycles. The van der Waals surface area contributed by atoms with Crippen LogP contribution in [-0.4, -0.2) is 25.3 Å². The van der Waals surface area contributed by atoms with Crippen LogP contribution in [0.25, 0.3) is 0 Å². The molecule has 12 heteroatoms. The summed E-state index contributed by atoms with van der Waals surface area (Å²) >= 11 is 5.90. The molecule has 0 bridgehead atoms. The molecule has 4 nitrogen and oxygen atoms in total. The third-order valence-corrected chi connectivity index (χ3v) is 7.19. The molecule has 0 N–H and O–H groups in total. The first-order chi connectivity index (χ1) is 13.8. The summed E-state index contributed by atoms with van der Waals surface area (Å²) in [5.74, 6) is 0. The fourth-order valence-corrected chi connectivity index (χ4v) is 5.19. The molecule has 2 unspecified atom stereocenters. The highest BCUT2D eigenvalue weighted by molar-refractivity contribution is 7.92. The fraction of sp³-hybridized carbons (Fsp3) is 0.389. The number of pyridine rings is 1. The van der Waals surface area contributed by atoms with Gasteiger partial charge in [0.2, 0.25) is 0 Å². The maximum absolute atomic E-state index is 12.9. The SMILES string of the molecule is O=S(=O)(c1cccc(C(F)(F)F)c1)C1CCOC(c2ncc(C(F)(F)F)cc2Cl)C1. The van der Waals surface area contributed by atoms with Gasteiger partial charge in [-0.05, 0) is 37.1 Å². The van der Waals surface area contributed by atoms with Crippen LogP contribution in [-0.2, 0) is 26.9 Å². The second-order valence-corrected chi connectivity index (χ2v) is 9.30. The Kier molecular flexibility index (Phi) is 6.09. The summed E-state index contributed by atoms with van der Waals surface area (Å²) in [7, 11) is -4.16. The highest BCUT2D eigenvalue weighted by Gasteiger charge is 2.38. The summed E-state index contributed by atoms with van der Waals surface area (Å²) < 4.78 is 108. The molecular weight excluding hydrogens is 460 g/mol. The van der Waals surface area contributed by atoms with E-state index in [0.717, 1.165) is 18.2 Å². The van der Waals surface area contributed by atoms with Gasteiger partial charge in [0.1, 0.15) is 6.10 Å². The first kappa shape index (κ1) is 22.8. The topological polar surface area (TPSA) is 56.3 Å². The Morgan fingerprint density at radius 2 is 1.70 bits per heavy atom. The Bertz CT molecular complexity index is 1040. The molecule has 1 fully saturated rings. The van der Waals surface area contributed by atoms with Gasteiger partial charge < -0.3 is 4.74 Å². The molecule has 1 aromatic heterocycles. The standard InChI is InChI=1S/C18H14ClF6NO3S/c19-14-7-11(18(23,24)25)9-26-16(14)15-8-13(4-5-29-15)30(27,28)12-3-1-2-10(6-12)17(20,21)22/h1-3,6-7,9,13,15H,4-5,8H2. The molecule has 1 aromatic carbocycles. The fourth-order valence-electron chi connectivity index (χ4n) is 3.12. The van der Waals surface area contributed by atoms with Crippen molar-refractivity contribution in [2.24, 2.45) is 0 Å². The maximum atomic E-state index is 12.9. The number of halogens is 7. The highest BCUT2D eigenvalue weighted by Crippen LogP contribution is 2.39. The van der Waals surface area contributed by atoms with E-state index in [-0.39, 0.29) is 30.2 Å². The van der Waals surface area contributed by atoms with Gasteiger partial charge in [0.05, 0.1) is 32.0 Å². The van der Waals surface area contributed by atoms with Crippen LogP contribution in [0.1, 0.15) is 35.8 Å². The summed E-state index contributed by atoms with van der Waals surface area (Å²) in [5.41, 5.74) is -2.23. The van der Waals surface area contributed by atoms with E-state index >= 15 is 0 Å². The predicted octanol–water partition coefficient (Wildman–Crippen LogP) is 5.47. The molecule has 2 heterocycles. The van der Waals surface area contributed by atoms with E-state index in [1.54, 1.807) is 0 Å². The normalized spacial score (nSPS) is 20.9. The van der Waals surface area contributed by atoms with Crippen molar-refractivity contribution < 1.29 is 39.5 Å². The smallest absolute Gasteiger partial charge is 0.372 e. The van der Waals surface area contributed by atoms with E-state index in [0.29, 0.717) is 18.3 Å². The third kappa shape index (κ3) is 4.73. The van der Waals surface area contributed by atoms with Gasteiger partial charge >= 0.3 is 12.4 Å². The molecule has 0 aliphatic carbocycles. The number of ether oxygens (including phenoxy) is 1. The molecule has 0 radical (unpaired) electrons. The number of aromatic nitrogens is 1. The minimum atomic E-state index is -4.71. The Labute approximate surface area is 172 Å². The van der Waals surface area contributed by atoms with Crippen LogP contribution >= 0.6 is 11.6 Å².